The normalized spacial score (nSPS) is 16.8. The van der Waals surface area contributed by atoms with Crippen molar-refractivity contribution in [3.05, 3.63) is 23.8 Å². The van der Waals surface area contributed by atoms with E-state index < -0.39 is 12.0 Å². The zero-order chi connectivity index (χ0) is 12.8. The van der Waals surface area contributed by atoms with Crippen LogP contribution in [0.4, 0.5) is 0 Å². The summed E-state index contributed by atoms with van der Waals surface area (Å²) < 4.78 is 0. The van der Waals surface area contributed by atoms with Gasteiger partial charge in [0.25, 0.3) is 0 Å². The first kappa shape index (κ1) is 13.5. The van der Waals surface area contributed by atoms with Crippen molar-refractivity contribution in [2.75, 3.05) is 0 Å². The van der Waals surface area contributed by atoms with Crippen LogP contribution in [-0.2, 0) is 9.59 Å². The minimum absolute atomic E-state index is 0.225. The lowest BCUT2D eigenvalue weighted by Crippen LogP contribution is -2.41. The lowest BCUT2D eigenvalue weighted by molar-refractivity contribution is -0.141. The van der Waals surface area contributed by atoms with E-state index in [1.165, 1.54) is 0 Å². The molecule has 4 nitrogen and oxygen atoms in total. The molecule has 0 heterocycles. The number of amides is 1. The Labute approximate surface area is 101 Å². The zero-order valence-electron chi connectivity index (χ0n) is 10.2. The van der Waals surface area contributed by atoms with E-state index in [2.05, 4.69) is 11.9 Å². The molecule has 0 aromatic heterocycles. The third-order valence-electron chi connectivity index (χ3n) is 3.03. The number of carbonyl (C=O) groups excluding carboxylic acids is 1. The number of carbonyl (C=O) groups is 2. The molecule has 2 N–H and O–H groups in total. The number of nitrogens with one attached hydrogen (secondary N) is 1. The van der Waals surface area contributed by atoms with Gasteiger partial charge in [-0.15, -0.1) is 6.58 Å². The van der Waals surface area contributed by atoms with E-state index in [1.54, 1.807) is 6.08 Å². The average Bonchev–Trinajstić information content (AvgIpc) is 2.70. The van der Waals surface area contributed by atoms with Gasteiger partial charge in [0.2, 0.25) is 5.91 Å². The van der Waals surface area contributed by atoms with E-state index in [0.717, 1.165) is 30.4 Å². The molecule has 1 unspecified atom stereocenters. The maximum absolute atomic E-state index is 11.9. The van der Waals surface area contributed by atoms with Crippen LogP contribution in [0.2, 0.25) is 0 Å². The highest BCUT2D eigenvalue weighted by atomic mass is 16.4. The third-order valence-corrected chi connectivity index (χ3v) is 3.03. The van der Waals surface area contributed by atoms with E-state index in [9.17, 15) is 9.59 Å². The van der Waals surface area contributed by atoms with Crippen LogP contribution in [0.25, 0.3) is 0 Å². The molecule has 0 saturated heterocycles. The molecular weight excluding hydrogens is 218 g/mol. The fourth-order valence-corrected chi connectivity index (χ4v) is 1.99. The molecule has 0 fully saturated rings. The third kappa shape index (κ3) is 3.73. The number of hydrogen-bond donors (Lipinski definition) is 2. The van der Waals surface area contributed by atoms with Crippen LogP contribution in [0.1, 0.15) is 39.0 Å². The molecule has 0 saturated carbocycles. The second-order valence-corrected chi connectivity index (χ2v) is 4.34. The summed E-state index contributed by atoms with van der Waals surface area (Å²) in [5.74, 6) is -1.21. The van der Waals surface area contributed by atoms with Crippen molar-refractivity contribution in [2.24, 2.45) is 0 Å². The Bertz CT molecular complexity index is 358. The Morgan fingerprint density at radius 1 is 1.53 bits per heavy atom. The Morgan fingerprint density at radius 3 is 2.71 bits per heavy atom. The van der Waals surface area contributed by atoms with Crippen molar-refractivity contribution in [2.45, 2.75) is 45.1 Å². The molecule has 1 aliphatic carbocycles. The molecule has 0 aromatic carbocycles. The number of hydrogen-bond acceptors (Lipinski definition) is 2. The van der Waals surface area contributed by atoms with E-state index in [4.69, 9.17) is 5.11 Å². The predicted molar refractivity (Wildman–Crippen MR) is 65.5 cm³/mol. The van der Waals surface area contributed by atoms with Gasteiger partial charge in [0.05, 0.1) is 0 Å². The van der Waals surface area contributed by atoms with Crippen LogP contribution in [0.15, 0.2) is 23.8 Å². The van der Waals surface area contributed by atoms with E-state index in [0.29, 0.717) is 12.8 Å². The van der Waals surface area contributed by atoms with Crippen molar-refractivity contribution in [1.82, 2.24) is 5.32 Å². The lowest BCUT2D eigenvalue weighted by Gasteiger charge is -2.14. The van der Waals surface area contributed by atoms with Gasteiger partial charge in [-0.1, -0.05) is 11.6 Å². The summed E-state index contributed by atoms with van der Waals surface area (Å²) in [6.07, 6.45) is 5.30. The summed E-state index contributed by atoms with van der Waals surface area (Å²) in [4.78, 5) is 22.8. The first-order chi connectivity index (χ1) is 8.06. The van der Waals surface area contributed by atoms with Crippen LogP contribution in [0.5, 0.6) is 0 Å². The molecule has 0 spiro atoms. The first-order valence-electron chi connectivity index (χ1n) is 5.89. The minimum Gasteiger partial charge on any atom is -0.480 e. The van der Waals surface area contributed by atoms with E-state index in [1.807, 2.05) is 6.92 Å². The van der Waals surface area contributed by atoms with Crippen LogP contribution >= 0.6 is 0 Å². The van der Waals surface area contributed by atoms with Crippen LogP contribution in [0, 0.1) is 0 Å². The summed E-state index contributed by atoms with van der Waals surface area (Å²) in [7, 11) is 0. The zero-order valence-corrected chi connectivity index (χ0v) is 10.2. The topological polar surface area (TPSA) is 66.4 Å². The van der Waals surface area contributed by atoms with Gasteiger partial charge >= 0.3 is 5.97 Å². The van der Waals surface area contributed by atoms with Crippen LogP contribution in [0.3, 0.4) is 0 Å². The molecule has 0 radical (unpaired) electrons. The molecule has 0 aromatic rings. The smallest absolute Gasteiger partial charge is 0.326 e. The van der Waals surface area contributed by atoms with E-state index >= 15 is 0 Å². The van der Waals surface area contributed by atoms with Crippen molar-refractivity contribution >= 4 is 11.9 Å². The van der Waals surface area contributed by atoms with Crippen molar-refractivity contribution in [3.8, 4) is 0 Å². The molecule has 4 heteroatoms. The summed E-state index contributed by atoms with van der Waals surface area (Å²) in [6.45, 7) is 5.48. The largest absolute Gasteiger partial charge is 0.480 e. The van der Waals surface area contributed by atoms with Gasteiger partial charge in [-0.3, -0.25) is 4.79 Å². The van der Waals surface area contributed by atoms with Crippen LogP contribution in [-0.4, -0.2) is 23.0 Å². The van der Waals surface area contributed by atoms with E-state index in [-0.39, 0.29) is 5.91 Å². The van der Waals surface area contributed by atoms with Gasteiger partial charge in [-0.2, -0.15) is 0 Å². The fourth-order valence-electron chi connectivity index (χ4n) is 1.99. The highest BCUT2D eigenvalue weighted by Gasteiger charge is 2.23. The van der Waals surface area contributed by atoms with Gasteiger partial charge in [0.15, 0.2) is 0 Å². The monoisotopic (exact) mass is 237 g/mol. The van der Waals surface area contributed by atoms with Crippen molar-refractivity contribution in [1.29, 1.82) is 0 Å². The Hall–Kier alpha value is -1.58. The number of allylic oxidation sites excluding steroid dienone is 2. The molecule has 1 aliphatic rings. The maximum Gasteiger partial charge on any atom is 0.326 e. The summed E-state index contributed by atoms with van der Waals surface area (Å²) >= 11 is 0. The highest BCUT2D eigenvalue weighted by molar-refractivity contribution is 5.96. The Kier molecular flexibility index (Phi) is 4.94. The van der Waals surface area contributed by atoms with Gasteiger partial charge in [-0.05, 0) is 39.0 Å². The average molecular weight is 237 g/mol. The molecule has 94 valence electrons. The maximum atomic E-state index is 11.9. The van der Waals surface area contributed by atoms with Gasteiger partial charge in [-0.25, -0.2) is 4.79 Å². The molecule has 17 heavy (non-hydrogen) atoms. The number of carboxylic acids is 1. The molecular formula is C13H19NO3. The summed E-state index contributed by atoms with van der Waals surface area (Å²) in [5.41, 5.74) is 1.84. The summed E-state index contributed by atoms with van der Waals surface area (Å²) in [6, 6.07) is -0.818. The molecule has 1 rings (SSSR count). The lowest BCUT2D eigenvalue weighted by atomic mass is 10.1. The second kappa shape index (κ2) is 6.23. The van der Waals surface area contributed by atoms with Crippen LogP contribution < -0.4 is 5.32 Å². The van der Waals surface area contributed by atoms with Gasteiger partial charge in [0.1, 0.15) is 6.04 Å². The number of aliphatic carboxylic acids is 1. The fraction of sp³-hybridized carbons (Fsp3) is 0.538. The van der Waals surface area contributed by atoms with Crippen molar-refractivity contribution < 1.29 is 14.7 Å². The molecule has 1 atom stereocenters. The summed E-state index contributed by atoms with van der Waals surface area (Å²) in [5, 5.41) is 11.6. The second-order valence-electron chi connectivity index (χ2n) is 4.34. The predicted octanol–water partition coefficient (Wildman–Crippen LogP) is 2.02. The first-order valence-corrected chi connectivity index (χ1v) is 5.89. The standard InChI is InChI=1S/C13H19NO3/c1-3-4-8-11(13(16)17)14-12(15)10-7-5-6-9(10)2/h3,11H,1,4-8H2,2H3,(H,14,15)(H,16,17). The van der Waals surface area contributed by atoms with Crippen molar-refractivity contribution in [3.63, 3.8) is 0 Å². The Balaban J connectivity index is 2.60. The Morgan fingerprint density at radius 2 is 2.24 bits per heavy atom. The van der Waals surface area contributed by atoms with Gasteiger partial charge < -0.3 is 10.4 Å². The minimum atomic E-state index is -0.989. The quantitative estimate of drug-likeness (QED) is 0.694. The van der Waals surface area contributed by atoms with Gasteiger partial charge in [0, 0.05) is 5.57 Å². The molecule has 1 amide bonds. The molecule has 0 aliphatic heterocycles. The number of carboxylic acid groups (broad SMARTS) is 1. The number of rotatable bonds is 6. The highest BCUT2D eigenvalue weighted by Crippen LogP contribution is 2.25. The molecule has 0 bridgehead atoms. The SMILES string of the molecule is C=CCCC(NC(=O)C1=C(C)CCC1)C(=O)O.